The Kier molecular flexibility index (Phi) is 5.49. The molecule has 2 rings (SSSR count). The van der Waals surface area contributed by atoms with Gasteiger partial charge in [0.25, 0.3) is 0 Å². The van der Waals surface area contributed by atoms with Crippen molar-refractivity contribution >= 4 is 27.5 Å². The number of amides is 1. The zero-order valence-electron chi connectivity index (χ0n) is 12.7. The van der Waals surface area contributed by atoms with Crippen LogP contribution in [0.1, 0.15) is 5.56 Å². The summed E-state index contributed by atoms with van der Waals surface area (Å²) in [6.45, 7) is 0.393. The van der Waals surface area contributed by atoms with Crippen molar-refractivity contribution in [2.75, 3.05) is 26.2 Å². The summed E-state index contributed by atoms with van der Waals surface area (Å²) in [5, 5.41) is -0.211. The molecule has 122 valence electrons. The number of nitrogens with zero attached hydrogens (tertiary/aromatic N) is 1. The molecule has 0 saturated carbocycles. The van der Waals surface area contributed by atoms with Gasteiger partial charge in [0, 0.05) is 27.0 Å². The Balaban J connectivity index is 2.15. The molecule has 0 N–H and O–H groups in total. The molecular formula is C14H19NO5S2. The van der Waals surface area contributed by atoms with E-state index in [4.69, 9.17) is 9.47 Å². The van der Waals surface area contributed by atoms with E-state index >= 15 is 0 Å². The van der Waals surface area contributed by atoms with Crippen molar-refractivity contribution in [3.05, 3.63) is 29.8 Å². The monoisotopic (exact) mass is 345 g/mol. The molecule has 1 saturated heterocycles. The largest absolute Gasteiger partial charge is 0.353 e. The summed E-state index contributed by atoms with van der Waals surface area (Å²) in [6, 6.07) is 6.55. The van der Waals surface area contributed by atoms with Gasteiger partial charge in [-0.2, -0.15) is 0 Å². The number of benzene rings is 1. The fraction of sp³-hybridized carbons (Fsp3) is 0.500. The van der Waals surface area contributed by atoms with Crippen LogP contribution in [0.5, 0.6) is 0 Å². The van der Waals surface area contributed by atoms with Crippen LogP contribution in [-0.2, 0) is 30.7 Å². The Labute approximate surface area is 134 Å². The number of hydrogen-bond acceptors (Lipinski definition) is 6. The lowest BCUT2D eigenvalue weighted by atomic mass is 10.2. The fourth-order valence-electron chi connectivity index (χ4n) is 2.24. The molecule has 0 spiro atoms. The van der Waals surface area contributed by atoms with Gasteiger partial charge in [-0.15, -0.1) is 11.8 Å². The lowest BCUT2D eigenvalue weighted by molar-refractivity contribution is -0.146. The van der Waals surface area contributed by atoms with Gasteiger partial charge in [-0.3, -0.25) is 4.79 Å². The van der Waals surface area contributed by atoms with Crippen LogP contribution in [0, 0.1) is 0 Å². The maximum Gasteiger partial charge on any atom is 0.234 e. The zero-order valence-corrected chi connectivity index (χ0v) is 14.3. The van der Waals surface area contributed by atoms with E-state index < -0.39 is 16.1 Å². The van der Waals surface area contributed by atoms with Gasteiger partial charge < -0.3 is 14.4 Å². The minimum Gasteiger partial charge on any atom is -0.353 e. The Morgan fingerprint density at radius 2 is 1.86 bits per heavy atom. The van der Waals surface area contributed by atoms with Gasteiger partial charge in [0.15, 0.2) is 16.1 Å². The third-order valence-corrected chi connectivity index (χ3v) is 5.77. The topological polar surface area (TPSA) is 72.9 Å². The molecule has 1 aromatic rings. The average Bonchev–Trinajstić information content (AvgIpc) is 2.82. The third kappa shape index (κ3) is 3.81. The number of rotatable bonds is 6. The molecular weight excluding hydrogens is 326 g/mol. The second-order valence-corrected chi connectivity index (χ2v) is 8.10. The van der Waals surface area contributed by atoms with E-state index in [1.807, 2.05) is 0 Å². The van der Waals surface area contributed by atoms with Crippen molar-refractivity contribution < 1.29 is 22.7 Å². The highest BCUT2D eigenvalue weighted by atomic mass is 32.2. The van der Waals surface area contributed by atoms with Gasteiger partial charge in [0.2, 0.25) is 5.91 Å². The number of methoxy groups -OCH3 is 2. The van der Waals surface area contributed by atoms with Crippen LogP contribution in [0.15, 0.2) is 29.2 Å². The van der Waals surface area contributed by atoms with E-state index in [1.54, 1.807) is 29.2 Å². The van der Waals surface area contributed by atoms with Gasteiger partial charge in [0.1, 0.15) is 5.37 Å². The van der Waals surface area contributed by atoms with E-state index in [-0.39, 0.29) is 16.2 Å². The molecule has 22 heavy (non-hydrogen) atoms. The second kappa shape index (κ2) is 6.99. The maximum atomic E-state index is 12.0. The molecule has 1 aromatic carbocycles. The molecule has 1 atom stereocenters. The maximum absolute atomic E-state index is 12.0. The summed E-state index contributed by atoms with van der Waals surface area (Å²) in [7, 11) is -0.138. The smallest absolute Gasteiger partial charge is 0.234 e. The van der Waals surface area contributed by atoms with Gasteiger partial charge in [0.05, 0.1) is 10.6 Å². The van der Waals surface area contributed by atoms with Crippen molar-refractivity contribution in [3.63, 3.8) is 0 Å². The minimum absolute atomic E-state index is 0.0151. The Hall–Kier alpha value is -1.09. The van der Waals surface area contributed by atoms with Crippen molar-refractivity contribution in [3.8, 4) is 0 Å². The van der Waals surface area contributed by atoms with E-state index in [2.05, 4.69) is 0 Å². The standard InChI is InChI=1S/C14H19NO5S2/c1-19-14(20-2)13-15(12(16)9-21-13)8-10-4-6-11(7-5-10)22(3,17)18/h4-7,13-14H,8-9H2,1-3H3. The van der Waals surface area contributed by atoms with Gasteiger partial charge in [-0.05, 0) is 17.7 Å². The predicted molar refractivity (Wildman–Crippen MR) is 84.2 cm³/mol. The third-order valence-electron chi connectivity index (χ3n) is 3.41. The summed E-state index contributed by atoms with van der Waals surface area (Å²) < 4.78 is 33.4. The zero-order chi connectivity index (χ0) is 16.3. The predicted octanol–water partition coefficient (Wildman–Crippen LogP) is 1.11. The number of ether oxygens (including phenoxy) is 2. The second-order valence-electron chi connectivity index (χ2n) is 4.98. The first-order valence-electron chi connectivity index (χ1n) is 6.62. The minimum atomic E-state index is -3.21. The lowest BCUT2D eigenvalue weighted by Crippen LogP contribution is -2.41. The van der Waals surface area contributed by atoms with Crippen LogP contribution in [0.25, 0.3) is 0 Å². The van der Waals surface area contributed by atoms with Gasteiger partial charge >= 0.3 is 0 Å². The summed E-state index contributed by atoms with van der Waals surface area (Å²) in [6.07, 6.45) is 0.673. The molecule has 1 unspecified atom stereocenters. The van der Waals surface area contributed by atoms with Crippen LogP contribution in [0.4, 0.5) is 0 Å². The summed E-state index contributed by atoms with van der Waals surface area (Å²) in [5.74, 6) is 0.399. The van der Waals surface area contributed by atoms with Crippen molar-refractivity contribution in [2.45, 2.75) is 23.1 Å². The molecule has 0 aromatic heterocycles. The first-order chi connectivity index (χ1) is 10.4. The molecule has 0 radical (unpaired) electrons. The molecule has 1 heterocycles. The molecule has 6 nitrogen and oxygen atoms in total. The Bertz CT molecular complexity index is 625. The number of carbonyl (C=O) groups is 1. The van der Waals surface area contributed by atoms with Crippen LogP contribution in [-0.4, -0.2) is 57.1 Å². The first kappa shape index (κ1) is 17.3. The molecule has 0 bridgehead atoms. The quantitative estimate of drug-likeness (QED) is 0.719. The van der Waals surface area contributed by atoms with E-state index in [0.29, 0.717) is 12.3 Å². The number of carbonyl (C=O) groups excluding carboxylic acids is 1. The van der Waals surface area contributed by atoms with E-state index in [9.17, 15) is 13.2 Å². The number of sulfone groups is 1. The Morgan fingerprint density at radius 3 is 2.36 bits per heavy atom. The summed E-state index contributed by atoms with van der Waals surface area (Å²) in [4.78, 5) is 14.0. The number of hydrogen-bond donors (Lipinski definition) is 0. The van der Waals surface area contributed by atoms with Gasteiger partial charge in [-0.25, -0.2) is 8.42 Å². The molecule has 1 fully saturated rings. The van der Waals surface area contributed by atoms with Gasteiger partial charge in [-0.1, -0.05) is 12.1 Å². The Morgan fingerprint density at radius 1 is 1.27 bits per heavy atom. The van der Waals surface area contributed by atoms with Crippen LogP contribution < -0.4 is 0 Å². The average molecular weight is 345 g/mol. The molecule has 1 aliphatic rings. The van der Waals surface area contributed by atoms with Crippen LogP contribution in [0.2, 0.25) is 0 Å². The van der Waals surface area contributed by atoms with Crippen molar-refractivity contribution in [2.24, 2.45) is 0 Å². The lowest BCUT2D eigenvalue weighted by Gasteiger charge is -2.29. The van der Waals surface area contributed by atoms with Crippen LogP contribution in [0.3, 0.4) is 0 Å². The summed E-state index contributed by atoms with van der Waals surface area (Å²) >= 11 is 1.47. The fourth-order valence-corrected chi connectivity index (χ4v) is 4.10. The normalized spacial score (nSPS) is 19.2. The molecule has 8 heteroatoms. The highest BCUT2D eigenvalue weighted by Crippen LogP contribution is 2.30. The van der Waals surface area contributed by atoms with Crippen molar-refractivity contribution in [1.29, 1.82) is 0 Å². The highest BCUT2D eigenvalue weighted by Gasteiger charge is 2.37. The van der Waals surface area contributed by atoms with E-state index in [1.165, 1.54) is 32.2 Å². The first-order valence-corrected chi connectivity index (χ1v) is 9.56. The van der Waals surface area contributed by atoms with Crippen molar-refractivity contribution in [1.82, 2.24) is 4.90 Å². The van der Waals surface area contributed by atoms with Crippen LogP contribution >= 0.6 is 11.8 Å². The highest BCUT2D eigenvalue weighted by molar-refractivity contribution is 8.01. The van der Waals surface area contributed by atoms with E-state index in [0.717, 1.165) is 5.56 Å². The SMILES string of the molecule is COC(OC)C1SCC(=O)N1Cc1ccc(S(C)(=O)=O)cc1. The molecule has 0 aliphatic carbocycles. The summed E-state index contributed by atoms with van der Waals surface area (Å²) in [5.41, 5.74) is 0.860. The number of thioether (sulfide) groups is 1. The molecule has 1 amide bonds. The molecule has 1 aliphatic heterocycles.